The number of nitrogens with zero attached hydrogens (tertiary/aromatic N) is 1. The van der Waals surface area contributed by atoms with Crippen molar-refractivity contribution in [3.05, 3.63) is 24.6 Å². The van der Waals surface area contributed by atoms with Crippen molar-refractivity contribution in [2.24, 2.45) is 10.7 Å². The quantitative estimate of drug-likeness (QED) is 0.121. The van der Waals surface area contributed by atoms with Crippen molar-refractivity contribution in [2.45, 2.75) is 50.6 Å². The number of aliphatic imine (C=N–C) groups is 1. The van der Waals surface area contributed by atoms with Gasteiger partial charge in [0.2, 0.25) is 5.91 Å². The predicted octanol–water partition coefficient (Wildman–Crippen LogP) is -0.210. The van der Waals surface area contributed by atoms with E-state index in [0.717, 1.165) is 0 Å². The first-order valence-corrected chi connectivity index (χ1v) is 9.66. The van der Waals surface area contributed by atoms with Crippen molar-refractivity contribution < 1.29 is 39.3 Å². The normalized spacial score (nSPS) is 13.1. The predicted molar refractivity (Wildman–Crippen MR) is 114 cm³/mol. The minimum atomic E-state index is -1.47. The number of rotatable bonds is 16. The van der Waals surface area contributed by atoms with E-state index in [1.165, 1.54) is 18.6 Å². The Morgan fingerprint density at radius 3 is 2.06 bits per heavy atom. The lowest BCUT2D eigenvalue weighted by molar-refractivity contribution is -0.140. The molecule has 0 radical (unpaired) electrons. The Hall–Kier alpha value is -3.90. The topological polar surface area (TPSA) is 221 Å². The number of carbonyl (C=O) groups is 5. The van der Waals surface area contributed by atoms with Crippen molar-refractivity contribution in [3.8, 4) is 0 Å². The molecule has 13 nitrogen and oxygen atoms in total. The Balaban J connectivity index is 4.43. The molecule has 0 saturated carbocycles. The SMILES string of the molecule is C=C/N=C\C(=C/N)CC(=O)NCCCC[C@H](NC(=O)N[C@@H](CCC(=O)O)C(=O)O)C(=O)O. The van der Waals surface area contributed by atoms with Crippen LogP contribution in [0.5, 0.6) is 0 Å². The standard InChI is InChI=1S/C19H29N5O8/c1-2-21-11-12(10-20)9-15(25)22-8-4-3-5-13(17(28)29)23-19(32)24-14(18(30)31)6-7-16(26)27/h2,10-11,13-14H,1,3-9,20H2,(H,22,25)(H,26,27)(H,28,29)(H,30,31)(H2,23,24,32)/b12-10-,21-11-/t13-,14-/m0/s1. The molecule has 0 aliphatic rings. The molecule has 0 aliphatic carbocycles. The molecule has 0 spiro atoms. The molecule has 0 aromatic rings. The number of carboxylic acid groups (broad SMARTS) is 3. The smallest absolute Gasteiger partial charge is 0.326 e. The van der Waals surface area contributed by atoms with Crippen LogP contribution in [-0.2, 0) is 19.2 Å². The molecule has 8 N–H and O–H groups in total. The summed E-state index contributed by atoms with van der Waals surface area (Å²) in [6.07, 6.45) is 3.94. The van der Waals surface area contributed by atoms with E-state index >= 15 is 0 Å². The Kier molecular flexibility index (Phi) is 13.9. The van der Waals surface area contributed by atoms with Gasteiger partial charge in [0, 0.05) is 25.4 Å². The van der Waals surface area contributed by atoms with E-state index in [9.17, 15) is 29.1 Å². The lowest BCUT2D eigenvalue weighted by Crippen LogP contribution is -2.51. The van der Waals surface area contributed by atoms with Crippen molar-refractivity contribution in [3.63, 3.8) is 0 Å². The van der Waals surface area contributed by atoms with Gasteiger partial charge in [0.15, 0.2) is 0 Å². The van der Waals surface area contributed by atoms with E-state index in [0.29, 0.717) is 18.4 Å². The highest BCUT2D eigenvalue weighted by Gasteiger charge is 2.24. The summed E-state index contributed by atoms with van der Waals surface area (Å²) in [5.41, 5.74) is 5.89. The van der Waals surface area contributed by atoms with Gasteiger partial charge in [-0.1, -0.05) is 6.58 Å². The number of hydrogen-bond donors (Lipinski definition) is 7. The highest BCUT2D eigenvalue weighted by Crippen LogP contribution is 2.03. The number of amides is 3. The summed E-state index contributed by atoms with van der Waals surface area (Å²) in [4.78, 5) is 60.5. The fourth-order valence-corrected chi connectivity index (χ4v) is 2.39. The summed E-state index contributed by atoms with van der Waals surface area (Å²) in [7, 11) is 0. The molecular weight excluding hydrogens is 426 g/mol. The second-order valence-corrected chi connectivity index (χ2v) is 6.56. The van der Waals surface area contributed by atoms with Crippen LogP contribution in [0.15, 0.2) is 29.5 Å². The molecule has 0 aliphatic heterocycles. The first-order valence-electron chi connectivity index (χ1n) is 9.66. The van der Waals surface area contributed by atoms with Crippen molar-refractivity contribution in [1.29, 1.82) is 0 Å². The Morgan fingerprint density at radius 1 is 0.969 bits per heavy atom. The summed E-state index contributed by atoms with van der Waals surface area (Å²) in [5, 5.41) is 33.7. The van der Waals surface area contributed by atoms with Crippen LogP contribution in [0.1, 0.15) is 38.5 Å². The van der Waals surface area contributed by atoms with Gasteiger partial charge in [0.1, 0.15) is 12.1 Å². The largest absolute Gasteiger partial charge is 0.481 e. The Morgan fingerprint density at radius 2 is 1.56 bits per heavy atom. The average Bonchev–Trinajstić information content (AvgIpc) is 2.72. The van der Waals surface area contributed by atoms with Gasteiger partial charge in [-0.2, -0.15) is 0 Å². The van der Waals surface area contributed by atoms with Crippen LogP contribution in [0.3, 0.4) is 0 Å². The van der Waals surface area contributed by atoms with Crippen molar-refractivity contribution >= 4 is 36.1 Å². The molecule has 0 unspecified atom stereocenters. The third kappa shape index (κ3) is 13.3. The van der Waals surface area contributed by atoms with Crippen LogP contribution < -0.4 is 21.7 Å². The number of unbranched alkanes of at least 4 members (excludes halogenated alkanes) is 1. The third-order valence-corrected chi connectivity index (χ3v) is 4.02. The molecule has 3 amide bonds. The first-order chi connectivity index (χ1) is 15.1. The van der Waals surface area contributed by atoms with E-state index in [-0.39, 0.29) is 31.7 Å². The zero-order valence-electron chi connectivity index (χ0n) is 17.5. The van der Waals surface area contributed by atoms with E-state index in [1.54, 1.807) is 0 Å². The number of hydrogen-bond acceptors (Lipinski definition) is 7. The highest BCUT2D eigenvalue weighted by molar-refractivity contribution is 5.89. The van der Waals surface area contributed by atoms with Gasteiger partial charge in [0.25, 0.3) is 0 Å². The number of nitrogens with one attached hydrogen (secondary N) is 3. The second-order valence-electron chi connectivity index (χ2n) is 6.56. The maximum Gasteiger partial charge on any atom is 0.326 e. The van der Waals surface area contributed by atoms with Crippen LogP contribution >= 0.6 is 0 Å². The van der Waals surface area contributed by atoms with Crippen molar-refractivity contribution in [1.82, 2.24) is 16.0 Å². The van der Waals surface area contributed by atoms with Gasteiger partial charge in [0.05, 0.1) is 6.42 Å². The Bertz CT molecular complexity index is 750. The first kappa shape index (κ1) is 28.1. The molecule has 0 fully saturated rings. The number of carboxylic acids is 3. The molecule has 178 valence electrons. The van der Waals surface area contributed by atoms with Gasteiger partial charge < -0.3 is 37.0 Å². The average molecular weight is 455 g/mol. The molecule has 32 heavy (non-hydrogen) atoms. The molecule has 0 heterocycles. The molecule has 0 aromatic heterocycles. The molecular formula is C19H29N5O8. The maximum absolute atomic E-state index is 11.9. The van der Waals surface area contributed by atoms with Crippen LogP contribution in [-0.4, -0.2) is 70.0 Å². The molecule has 0 saturated heterocycles. The van der Waals surface area contributed by atoms with Gasteiger partial charge in [-0.25, -0.2) is 14.4 Å². The zero-order valence-corrected chi connectivity index (χ0v) is 17.5. The summed E-state index contributed by atoms with van der Waals surface area (Å²) < 4.78 is 0. The van der Waals surface area contributed by atoms with E-state index < -0.39 is 42.4 Å². The van der Waals surface area contributed by atoms with Crippen molar-refractivity contribution in [2.75, 3.05) is 6.54 Å². The van der Waals surface area contributed by atoms with Crippen LogP contribution in [0, 0.1) is 0 Å². The minimum absolute atomic E-state index is 0.0138. The summed E-state index contributed by atoms with van der Waals surface area (Å²) in [6, 6.07) is -3.80. The van der Waals surface area contributed by atoms with E-state index in [4.69, 9.17) is 15.9 Å². The lowest BCUT2D eigenvalue weighted by atomic mass is 10.1. The number of urea groups is 1. The molecule has 0 rings (SSSR count). The fraction of sp³-hybridized carbons (Fsp3) is 0.474. The van der Waals surface area contributed by atoms with Crippen LogP contribution in [0.4, 0.5) is 4.79 Å². The molecule has 0 aromatic carbocycles. The lowest BCUT2D eigenvalue weighted by Gasteiger charge is -2.18. The Labute approximate surface area is 184 Å². The van der Waals surface area contributed by atoms with Gasteiger partial charge in [-0.3, -0.25) is 14.6 Å². The fourth-order valence-electron chi connectivity index (χ4n) is 2.39. The molecule has 13 heteroatoms. The van der Waals surface area contributed by atoms with Crippen LogP contribution in [0.2, 0.25) is 0 Å². The number of nitrogens with two attached hydrogens (primary N) is 1. The summed E-state index contributed by atoms with van der Waals surface area (Å²) in [5.74, 6) is -4.28. The summed E-state index contributed by atoms with van der Waals surface area (Å²) in [6.45, 7) is 3.68. The van der Waals surface area contributed by atoms with Gasteiger partial charge >= 0.3 is 23.9 Å². The van der Waals surface area contributed by atoms with Gasteiger partial charge in [-0.05, 0) is 37.5 Å². The van der Waals surface area contributed by atoms with E-state index in [2.05, 4.69) is 22.2 Å². The molecule has 2 atom stereocenters. The maximum atomic E-state index is 11.9. The number of carbonyl (C=O) groups excluding carboxylic acids is 2. The zero-order chi connectivity index (χ0) is 24.5. The second kappa shape index (κ2) is 15.9. The number of aliphatic carboxylic acids is 3. The third-order valence-electron chi connectivity index (χ3n) is 4.02. The monoisotopic (exact) mass is 455 g/mol. The summed E-state index contributed by atoms with van der Waals surface area (Å²) >= 11 is 0. The van der Waals surface area contributed by atoms with Crippen LogP contribution in [0.25, 0.3) is 0 Å². The van der Waals surface area contributed by atoms with E-state index in [1.807, 2.05) is 5.32 Å². The van der Waals surface area contributed by atoms with Gasteiger partial charge in [-0.15, -0.1) is 0 Å². The minimum Gasteiger partial charge on any atom is -0.481 e. The molecule has 0 bridgehead atoms. The highest BCUT2D eigenvalue weighted by atomic mass is 16.4.